The highest BCUT2D eigenvalue weighted by Gasteiger charge is 2.16. The van der Waals surface area contributed by atoms with Gasteiger partial charge in [0.2, 0.25) is 17.8 Å². The van der Waals surface area contributed by atoms with E-state index in [1.54, 1.807) is 0 Å². The third kappa shape index (κ3) is 5.09. The number of para-hydroxylation sites is 1. The summed E-state index contributed by atoms with van der Waals surface area (Å²) in [5.41, 5.74) is 3.50. The molecule has 0 spiro atoms. The molecular weight excluding hydrogens is 338 g/mol. The van der Waals surface area contributed by atoms with Crippen molar-refractivity contribution in [1.82, 2.24) is 15.0 Å². The zero-order valence-corrected chi connectivity index (χ0v) is 14.1. The first-order valence-electron chi connectivity index (χ1n) is 8.23. The molecule has 1 atom stereocenters. The summed E-state index contributed by atoms with van der Waals surface area (Å²) in [4.78, 5) is 15.1. The van der Waals surface area contributed by atoms with Crippen molar-refractivity contribution in [2.45, 2.75) is 6.10 Å². The number of aliphatic hydroxyl groups is 2. The molecule has 1 fully saturated rings. The molecule has 10 nitrogen and oxygen atoms in total. The molecule has 3 rings (SSSR count). The summed E-state index contributed by atoms with van der Waals surface area (Å²) in [5, 5.41) is 25.1. The van der Waals surface area contributed by atoms with Gasteiger partial charge >= 0.3 is 0 Å². The van der Waals surface area contributed by atoms with Gasteiger partial charge in [0.15, 0.2) is 0 Å². The number of aromatic nitrogens is 3. The average Bonchev–Trinajstić information content (AvgIpc) is 2.69. The molecule has 4 N–H and O–H groups in total. The van der Waals surface area contributed by atoms with Crippen LogP contribution in [0.1, 0.15) is 0 Å². The molecule has 0 bridgehead atoms. The van der Waals surface area contributed by atoms with Gasteiger partial charge in [0.25, 0.3) is 0 Å². The van der Waals surface area contributed by atoms with E-state index in [1.807, 2.05) is 35.2 Å². The van der Waals surface area contributed by atoms with Crippen molar-refractivity contribution in [3.63, 3.8) is 0 Å². The maximum Gasteiger partial charge on any atom is 0.250 e. The van der Waals surface area contributed by atoms with Gasteiger partial charge in [-0.3, -0.25) is 0 Å². The molecule has 2 aromatic rings. The Morgan fingerprint density at radius 1 is 1.15 bits per heavy atom. The lowest BCUT2D eigenvalue weighted by Crippen LogP contribution is -2.37. The Morgan fingerprint density at radius 2 is 1.88 bits per heavy atom. The third-order valence-corrected chi connectivity index (χ3v) is 3.55. The van der Waals surface area contributed by atoms with E-state index in [4.69, 9.17) is 9.84 Å². The van der Waals surface area contributed by atoms with Gasteiger partial charge in [-0.05, 0) is 12.1 Å². The summed E-state index contributed by atoms with van der Waals surface area (Å²) in [7, 11) is 0. The van der Waals surface area contributed by atoms with Gasteiger partial charge < -0.3 is 25.2 Å². The smallest absolute Gasteiger partial charge is 0.250 e. The molecule has 2 heterocycles. The molecule has 1 saturated heterocycles. The van der Waals surface area contributed by atoms with Crippen LogP contribution in [0.2, 0.25) is 0 Å². The molecule has 0 radical (unpaired) electrons. The molecular formula is C16H21N7O3. The number of nitrogens with zero attached hydrogens (tertiary/aromatic N) is 5. The number of hydrogen-bond acceptors (Lipinski definition) is 10. The van der Waals surface area contributed by atoms with Gasteiger partial charge in [-0.1, -0.05) is 18.2 Å². The highest BCUT2D eigenvalue weighted by molar-refractivity contribution is 5.64. The number of benzene rings is 1. The van der Waals surface area contributed by atoms with Crippen LogP contribution >= 0.6 is 0 Å². The van der Waals surface area contributed by atoms with Crippen LogP contribution in [0.25, 0.3) is 0 Å². The summed E-state index contributed by atoms with van der Waals surface area (Å²) in [6.45, 7) is 2.16. The predicted octanol–water partition coefficient (Wildman–Crippen LogP) is 0.203. The van der Waals surface area contributed by atoms with E-state index in [2.05, 4.69) is 30.8 Å². The molecule has 26 heavy (non-hydrogen) atoms. The Morgan fingerprint density at radius 3 is 2.62 bits per heavy atom. The van der Waals surface area contributed by atoms with E-state index >= 15 is 0 Å². The molecule has 1 aromatic heterocycles. The number of nitrogens with one attached hydrogen (secondary N) is 2. The summed E-state index contributed by atoms with van der Waals surface area (Å²) in [6, 6.07) is 9.55. The number of ether oxygens (including phenoxy) is 1. The zero-order valence-electron chi connectivity index (χ0n) is 14.1. The molecule has 0 unspecified atom stereocenters. The third-order valence-electron chi connectivity index (χ3n) is 3.55. The lowest BCUT2D eigenvalue weighted by atomic mass is 10.3. The van der Waals surface area contributed by atoms with Crippen molar-refractivity contribution in [2.24, 2.45) is 5.10 Å². The van der Waals surface area contributed by atoms with Gasteiger partial charge in [0.1, 0.15) is 6.10 Å². The van der Waals surface area contributed by atoms with Gasteiger partial charge in [0, 0.05) is 18.8 Å². The first-order valence-corrected chi connectivity index (χ1v) is 8.23. The monoisotopic (exact) mass is 359 g/mol. The standard InChI is InChI=1S/C16H21N7O3/c24-11-13(25)10-17-22-15-19-14(18-12-4-2-1-3-5-12)20-16(21-15)23-6-8-26-9-7-23/h1-5,10,13,24-25H,6-9,11H2,(H2,18,19,20,21,22)/b17-10-/t13-/m0/s1. The van der Waals surface area contributed by atoms with Crippen LogP contribution in [-0.2, 0) is 4.74 Å². The van der Waals surface area contributed by atoms with E-state index < -0.39 is 12.7 Å². The molecule has 1 aromatic carbocycles. The Labute approximate surface area is 150 Å². The average molecular weight is 359 g/mol. The van der Waals surface area contributed by atoms with Crippen molar-refractivity contribution < 1.29 is 14.9 Å². The second-order valence-corrected chi connectivity index (χ2v) is 5.51. The number of rotatable bonds is 7. The highest BCUT2D eigenvalue weighted by atomic mass is 16.5. The Balaban J connectivity index is 1.82. The van der Waals surface area contributed by atoms with E-state index in [9.17, 15) is 5.11 Å². The minimum atomic E-state index is -1.05. The summed E-state index contributed by atoms with van der Waals surface area (Å²) < 4.78 is 5.36. The van der Waals surface area contributed by atoms with E-state index in [0.717, 1.165) is 5.69 Å². The number of hydrogen-bond donors (Lipinski definition) is 4. The minimum Gasteiger partial charge on any atom is -0.393 e. The first kappa shape index (κ1) is 18.0. The fourth-order valence-corrected chi connectivity index (χ4v) is 2.25. The van der Waals surface area contributed by atoms with Crippen LogP contribution in [0, 0.1) is 0 Å². The number of hydrazone groups is 1. The van der Waals surface area contributed by atoms with Crippen molar-refractivity contribution in [1.29, 1.82) is 0 Å². The van der Waals surface area contributed by atoms with Crippen molar-refractivity contribution >= 4 is 29.7 Å². The van der Waals surface area contributed by atoms with Gasteiger partial charge in [-0.25, -0.2) is 5.43 Å². The second-order valence-electron chi connectivity index (χ2n) is 5.51. The van der Waals surface area contributed by atoms with Crippen LogP contribution in [0.4, 0.5) is 23.5 Å². The maximum atomic E-state index is 9.32. The summed E-state index contributed by atoms with van der Waals surface area (Å²) in [6.07, 6.45) is 0.118. The largest absolute Gasteiger partial charge is 0.393 e. The Hall–Kier alpha value is -2.82. The molecule has 0 aliphatic carbocycles. The van der Waals surface area contributed by atoms with Crippen LogP contribution in [0.3, 0.4) is 0 Å². The van der Waals surface area contributed by atoms with Gasteiger partial charge in [-0.15, -0.1) is 0 Å². The molecule has 10 heteroatoms. The first-order chi connectivity index (χ1) is 12.7. The van der Waals surface area contributed by atoms with Crippen molar-refractivity contribution in [3.05, 3.63) is 30.3 Å². The molecule has 0 amide bonds. The van der Waals surface area contributed by atoms with Crippen molar-refractivity contribution in [2.75, 3.05) is 48.6 Å². The van der Waals surface area contributed by atoms with E-state index in [1.165, 1.54) is 6.21 Å². The zero-order chi connectivity index (χ0) is 18.2. The lowest BCUT2D eigenvalue weighted by molar-refractivity contribution is 0.122. The minimum absolute atomic E-state index is 0.223. The molecule has 1 aliphatic rings. The van der Waals surface area contributed by atoms with Gasteiger partial charge in [0.05, 0.1) is 26.0 Å². The van der Waals surface area contributed by atoms with Crippen molar-refractivity contribution in [3.8, 4) is 0 Å². The topological polar surface area (TPSA) is 128 Å². The van der Waals surface area contributed by atoms with Crippen LogP contribution in [0.5, 0.6) is 0 Å². The fraction of sp³-hybridized carbons (Fsp3) is 0.375. The van der Waals surface area contributed by atoms with E-state index in [-0.39, 0.29) is 5.95 Å². The molecule has 138 valence electrons. The highest BCUT2D eigenvalue weighted by Crippen LogP contribution is 2.18. The predicted molar refractivity (Wildman–Crippen MR) is 97.8 cm³/mol. The van der Waals surface area contributed by atoms with Crippen LogP contribution in [-0.4, -0.2) is 70.4 Å². The molecule has 1 aliphatic heterocycles. The van der Waals surface area contributed by atoms with Gasteiger partial charge in [-0.2, -0.15) is 20.1 Å². The van der Waals surface area contributed by atoms with Crippen LogP contribution in [0.15, 0.2) is 35.4 Å². The summed E-state index contributed by atoms with van der Waals surface area (Å²) in [5.74, 6) is 1.09. The summed E-state index contributed by atoms with van der Waals surface area (Å²) >= 11 is 0. The number of aliphatic hydroxyl groups excluding tert-OH is 2. The number of anilines is 4. The fourth-order valence-electron chi connectivity index (χ4n) is 2.25. The molecule has 0 saturated carbocycles. The SMILES string of the molecule is OC[C@@H](O)/C=N\Nc1nc(Nc2ccccc2)nc(N2CCOCC2)n1. The van der Waals surface area contributed by atoms with Crippen LogP contribution < -0.4 is 15.6 Å². The second kappa shape index (κ2) is 9.04. The maximum absolute atomic E-state index is 9.32. The normalized spacial score (nSPS) is 15.8. The number of morpholine rings is 1. The quantitative estimate of drug-likeness (QED) is 0.405. The Bertz CT molecular complexity index is 723. The Kier molecular flexibility index (Phi) is 6.25. The lowest BCUT2D eigenvalue weighted by Gasteiger charge is -2.27. The van der Waals surface area contributed by atoms with E-state index in [0.29, 0.717) is 38.2 Å².